The van der Waals surface area contributed by atoms with Crippen LogP contribution in [0.4, 0.5) is 5.69 Å². The van der Waals surface area contributed by atoms with Crippen LogP contribution in [0.1, 0.15) is 33.1 Å². The molecular weight excluding hydrogens is 234 g/mol. The van der Waals surface area contributed by atoms with Gasteiger partial charge in [-0.05, 0) is 42.0 Å². The van der Waals surface area contributed by atoms with Gasteiger partial charge in [0.05, 0.1) is 5.69 Å². The van der Waals surface area contributed by atoms with Crippen LogP contribution in [0.15, 0.2) is 36.5 Å². The average molecular weight is 255 g/mol. The zero-order chi connectivity index (χ0) is 13.3. The number of benzene rings is 1. The molecule has 3 rings (SSSR count). The highest BCUT2D eigenvalue weighted by molar-refractivity contribution is 5.62. The molecule has 1 unspecified atom stereocenters. The molecule has 0 bridgehead atoms. The Kier molecular flexibility index (Phi) is 3.05. The van der Waals surface area contributed by atoms with Crippen molar-refractivity contribution in [2.24, 2.45) is 5.41 Å². The first kappa shape index (κ1) is 12.3. The molecule has 0 amide bonds. The van der Waals surface area contributed by atoms with Gasteiger partial charge in [0, 0.05) is 17.9 Å². The zero-order valence-electron chi connectivity index (χ0n) is 11.6. The molecule has 1 saturated carbocycles. The minimum atomic E-state index is 0.405. The van der Waals surface area contributed by atoms with Crippen LogP contribution in [-0.2, 0) is 0 Å². The fourth-order valence-corrected chi connectivity index (χ4v) is 2.96. The van der Waals surface area contributed by atoms with Crippen molar-refractivity contribution in [3.63, 3.8) is 0 Å². The number of H-pyrrole nitrogens is 1. The van der Waals surface area contributed by atoms with E-state index < -0.39 is 0 Å². The average Bonchev–Trinajstić information content (AvgIpc) is 3.01. The van der Waals surface area contributed by atoms with Gasteiger partial charge >= 0.3 is 0 Å². The molecule has 1 aromatic heterocycles. The van der Waals surface area contributed by atoms with Gasteiger partial charge in [-0.3, -0.25) is 5.10 Å². The van der Waals surface area contributed by atoms with E-state index in [9.17, 15) is 0 Å². The summed E-state index contributed by atoms with van der Waals surface area (Å²) in [5, 5.41) is 10.6. The minimum Gasteiger partial charge on any atom is -0.382 e. The van der Waals surface area contributed by atoms with E-state index in [-0.39, 0.29) is 0 Å². The third kappa shape index (κ3) is 2.50. The van der Waals surface area contributed by atoms with Crippen molar-refractivity contribution in [2.45, 2.75) is 39.2 Å². The van der Waals surface area contributed by atoms with Gasteiger partial charge in [0.2, 0.25) is 0 Å². The molecule has 19 heavy (non-hydrogen) atoms. The zero-order valence-corrected chi connectivity index (χ0v) is 11.6. The number of rotatable bonds is 3. The van der Waals surface area contributed by atoms with Gasteiger partial charge in [-0.25, -0.2) is 0 Å². The molecule has 1 atom stereocenters. The monoisotopic (exact) mass is 255 g/mol. The molecule has 0 spiro atoms. The maximum absolute atomic E-state index is 3.98. The van der Waals surface area contributed by atoms with Crippen molar-refractivity contribution in [1.82, 2.24) is 10.2 Å². The second-order valence-electron chi connectivity index (χ2n) is 6.13. The highest BCUT2D eigenvalue weighted by Gasteiger charge is 2.34. The van der Waals surface area contributed by atoms with Gasteiger partial charge in [-0.2, -0.15) is 5.10 Å². The van der Waals surface area contributed by atoms with Crippen LogP contribution < -0.4 is 5.32 Å². The Labute approximate surface area is 114 Å². The second kappa shape index (κ2) is 4.72. The van der Waals surface area contributed by atoms with Crippen LogP contribution in [0.2, 0.25) is 0 Å². The summed E-state index contributed by atoms with van der Waals surface area (Å²) in [6, 6.07) is 11.2. The van der Waals surface area contributed by atoms with E-state index in [0.717, 1.165) is 5.69 Å². The summed E-state index contributed by atoms with van der Waals surface area (Å²) < 4.78 is 0. The van der Waals surface area contributed by atoms with E-state index in [4.69, 9.17) is 0 Å². The third-order valence-electron chi connectivity index (χ3n) is 4.29. The minimum absolute atomic E-state index is 0.405. The Balaban J connectivity index is 1.73. The topological polar surface area (TPSA) is 40.7 Å². The van der Waals surface area contributed by atoms with Crippen molar-refractivity contribution in [1.29, 1.82) is 0 Å². The molecule has 3 nitrogen and oxygen atoms in total. The molecule has 3 heteroatoms. The SMILES string of the molecule is CC1(C)CCCC1Nc1ccc(-c2ccn[nH]2)cc1. The Bertz CT molecular complexity index is 526. The Morgan fingerprint density at radius 3 is 2.58 bits per heavy atom. The van der Waals surface area contributed by atoms with Crippen molar-refractivity contribution in [3.8, 4) is 11.3 Å². The summed E-state index contributed by atoms with van der Waals surface area (Å²) >= 11 is 0. The highest BCUT2D eigenvalue weighted by atomic mass is 15.1. The van der Waals surface area contributed by atoms with E-state index >= 15 is 0 Å². The van der Waals surface area contributed by atoms with Crippen molar-refractivity contribution in [2.75, 3.05) is 5.32 Å². The van der Waals surface area contributed by atoms with Gasteiger partial charge in [-0.1, -0.05) is 32.4 Å². The van der Waals surface area contributed by atoms with Crippen molar-refractivity contribution >= 4 is 5.69 Å². The first-order valence-electron chi connectivity index (χ1n) is 7.01. The molecule has 2 N–H and O–H groups in total. The maximum Gasteiger partial charge on any atom is 0.0650 e. The van der Waals surface area contributed by atoms with Crippen LogP contribution in [-0.4, -0.2) is 16.2 Å². The summed E-state index contributed by atoms with van der Waals surface area (Å²) in [5.74, 6) is 0. The molecule has 1 aliphatic carbocycles. The lowest BCUT2D eigenvalue weighted by atomic mass is 9.87. The molecule has 2 aromatic rings. The Hall–Kier alpha value is -1.77. The van der Waals surface area contributed by atoms with Crippen molar-refractivity contribution < 1.29 is 0 Å². The molecule has 1 aliphatic rings. The summed E-state index contributed by atoms with van der Waals surface area (Å²) in [4.78, 5) is 0. The molecule has 100 valence electrons. The Morgan fingerprint density at radius 1 is 1.21 bits per heavy atom. The number of nitrogens with zero attached hydrogens (tertiary/aromatic N) is 1. The predicted octanol–water partition coefficient (Wildman–Crippen LogP) is 4.07. The number of aromatic nitrogens is 2. The number of nitrogens with one attached hydrogen (secondary N) is 2. The fraction of sp³-hybridized carbons (Fsp3) is 0.438. The second-order valence-corrected chi connectivity index (χ2v) is 6.13. The van der Waals surface area contributed by atoms with E-state index in [0.29, 0.717) is 11.5 Å². The van der Waals surface area contributed by atoms with Crippen LogP contribution in [0, 0.1) is 5.41 Å². The lowest BCUT2D eigenvalue weighted by molar-refractivity contribution is 0.350. The number of hydrogen-bond donors (Lipinski definition) is 2. The van der Waals surface area contributed by atoms with E-state index in [2.05, 4.69) is 53.6 Å². The number of aromatic amines is 1. The molecule has 1 aromatic carbocycles. The highest BCUT2D eigenvalue weighted by Crippen LogP contribution is 2.39. The summed E-state index contributed by atoms with van der Waals surface area (Å²) in [6.07, 6.45) is 5.70. The normalized spacial score (nSPS) is 21.5. The van der Waals surface area contributed by atoms with Gasteiger partial charge in [0.15, 0.2) is 0 Å². The third-order valence-corrected chi connectivity index (χ3v) is 4.29. The quantitative estimate of drug-likeness (QED) is 0.868. The van der Waals surface area contributed by atoms with Crippen molar-refractivity contribution in [3.05, 3.63) is 36.5 Å². The van der Waals surface area contributed by atoms with Crippen LogP contribution in [0.5, 0.6) is 0 Å². The maximum atomic E-state index is 3.98. The molecule has 1 fully saturated rings. The van der Waals surface area contributed by atoms with Gasteiger partial charge in [0.1, 0.15) is 0 Å². The molecular formula is C16H21N3. The smallest absolute Gasteiger partial charge is 0.0650 e. The van der Waals surface area contributed by atoms with E-state index in [1.54, 1.807) is 6.20 Å². The van der Waals surface area contributed by atoms with E-state index in [1.807, 2.05) is 6.07 Å². The summed E-state index contributed by atoms with van der Waals surface area (Å²) in [7, 11) is 0. The number of anilines is 1. The molecule has 0 radical (unpaired) electrons. The first-order valence-corrected chi connectivity index (χ1v) is 7.01. The lowest BCUT2D eigenvalue weighted by Crippen LogP contribution is -2.30. The number of hydrogen-bond acceptors (Lipinski definition) is 2. The predicted molar refractivity (Wildman–Crippen MR) is 79.1 cm³/mol. The van der Waals surface area contributed by atoms with Crippen LogP contribution in [0.25, 0.3) is 11.3 Å². The molecule has 1 heterocycles. The molecule has 0 saturated heterocycles. The summed E-state index contributed by atoms with van der Waals surface area (Å²) in [6.45, 7) is 4.72. The Morgan fingerprint density at radius 2 is 2.00 bits per heavy atom. The lowest BCUT2D eigenvalue weighted by Gasteiger charge is -2.28. The van der Waals surface area contributed by atoms with Crippen LogP contribution >= 0.6 is 0 Å². The fourth-order valence-electron chi connectivity index (χ4n) is 2.96. The standard InChI is InChI=1S/C16H21N3/c1-16(2)10-3-4-15(16)18-13-7-5-12(6-8-13)14-9-11-17-19-14/h5-9,11,15,18H,3-4,10H2,1-2H3,(H,17,19). The van der Waals surface area contributed by atoms with Gasteiger partial charge in [-0.15, -0.1) is 0 Å². The molecule has 0 aliphatic heterocycles. The van der Waals surface area contributed by atoms with E-state index in [1.165, 1.54) is 30.5 Å². The van der Waals surface area contributed by atoms with Gasteiger partial charge < -0.3 is 5.32 Å². The first-order chi connectivity index (χ1) is 9.15. The van der Waals surface area contributed by atoms with Crippen LogP contribution in [0.3, 0.4) is 0 Å². The largest absolute Gasteiger partial charge is 0.382 e. The van der Waals surface area contributed by atoms with Gasteiger partial charge in [0.25, 0.3) is 0 Å². The summed E-state index contributed by atoms with van der Waals surface area (Å²) in [5.41, 5.74) is 3.85.